The minimum Gasteiger partial charge on any atom is -0.297 e. The highest BCUT2D eigenvalue weighted by molar-refractivity contribution is 7.13. The van der Waals surface area contributed by atoms with E-state index in [-0.39, 0.29) is 17.7 Å². The molecule has 0 aromatic heterocycles. The average Bonchev–Trinajstić information content (AvgIpc) is 1.84. The molecule has 2 unspecified atom stereocenters. The average molecular weight is 154 g/mol. The Kier molecular flexibility index (Phi) is 4.44. The molecule has 0 bridgehead atoms. The molecule has 2 nitrogen and oxygen atoms in total. The summed E-state index contributed by atoms with van der Waals surface area (Å²) in [5.74, 6) is 0.101. The summed E-state index contributed by atoms with van der Waals surface area (Å²) in [6.07, 6.45) is 0. The first kappa shape index (κ1) is 8.35. The molecule has 0 aromatic carbocycles. The van der Waals surface area contributed by atoms with Gasteiger partial charge in [-0.15, -0.1) is 11.6 Å². The van der Waals surface area contributed by atoms with E-state index in [9.17, 15) is 4.79 Å². The summed E-state index contributed by atoms with van der Waals surface area (Å²) in [5.41, 5.74) is 0. The van der Waals surface area contributed by atoms with E-state index in [1.54, 1.807) is 6.92 Å². The molecule has 4 heteroatoms. The minimum atomic E-state index is -0.141. The Morgan fingerprint density at radius 2 is 2.50 bits per heavy atom. The molecule has 0 rings (SSSR count). The van der Waals surface area contributed by atoms with Gasteiger partial charge in [0.1, 0.15) is 0 Å². The second-order valence-electron chi connectivity index (χ2n) is 1.49. The maximum atomic E-state index is 10.5. The smallest absolute Gasteiger partial charge is 0.164 e. The van der Waals surface area contributed by atoms with Gasteiger partial charge in [-0.3, -0.25) is 9.88 Å². The maximum Gasteiger partial charge on any atom is 0.164 e. The molecule has 0 radical (unpaired) electrons. The van der Waals surface area contributed by atoms with Gasteiger partial charge in [-0.05, 0) is 6.92 Å². The lowest BCUT2D eigenvalue weighted by atomic mass is 10.3. The van der Waals surface area contributed by atoms with Gasteiger partial charge in [0.2, 0.25) is 0 Å². The zero-order chi connectivity index (χ0) is 6.57. The fourth-order valence-electron chi connectivity index (χ4n) is 0.209. The number of carbonyl (C=O) groups excluding carboxylic acids is 1. The number of carbonyl (C=O) groups is 1. The van der Waals surface area contributed by atoms with Crippen LogP contribution in [0, 0.1) is 0 Å². The molecule has 0 saturated carbocycles. The normalized spacial score (nSPS) is 13.4. The monoisotopic (exact) mass is 153 g/mol. The SMILES string of the molecule is CC(NP)C(=O)CCl. The molecule has 0 fully saturated rings. The zero-order valence-corrected chi connectivity index (χ0v) is 6.56. The van der Waals surface area contributed by atoms with Crippen molar-refractivity contribution in [2.45, 2.75) is 13.0 Å². The lowest BCUT2D eigenvalue weighted by molar-refractivity contribution is -0.117. The molecule has 0 aliphatic carbocycles. The molecule has 0 amide bonds. The molecule has 0 aliphatic rings. The Balaban J connectivity index is 3.46. The fraction of sp³-hybridized carbons (Fsp3) is 0.750. The summed E-state index contributed by atoms with van der Waals surface area (Å²) in [4.78, 5) is 10.5. The summed E-state index contributed by atoms with van der Waals surface area (Å²) >= 11 is 5.23. The Morgan fingerprint density at radius 1 is 2.00 bits per heavy atom. The van der Waals surface area contributed by atoms with Crippen molar-refractivity contribution in [2.24, 2.45) is 0 Å². The van der Waals surface area contributed by atoms with Gasteiger partial charge in [0.05, 0.1) is 11.9 Å². The molecular weight excluding hydrogens is 144 g/mol. The molecule has 0 aliphatic heterocycles. The van der Waals surface area contributed by atoms with Crippen LogP contribution >= 0.6 is 21.0 Å². The molecule has 8 heavy (non-hydrogen) atoms. The number of nitrogens with one attached hydrogen (secondary N) is 1. The number of rotatable bonds is 3. The number of ketones is 1. The third-order valence-electron chi connectivity index (χ3n) is 0.865. The highest BCUT2D eigenvalue weighted by Gasteiger charge is 2.06. The molecule has 0 heterocycles. The van der Waals surface area contributed by atoms with Crippen LogP contribution in [0.3, 0.4) is 0 Å². The van der Waals surface area contributed by atoms with Crippen LogP contribution in [0.25, 0.3) is 0 Å². The van der Waals surface area contributed by atoms with E-state index >= 15 is 0 Å². The predicted octanol–water partition coefficient (Wildman–Crippen LogP) is 0.562. The molecule has 0 spiro atoms. The van der Waals surface area contributed by atoms with Gasteiger partial charge in [0, 0.05) is 0 Å². The van der Waals surface area contributed by atoms with E-state index in [1.807, 2.05) is 0 Å². The summed E-state index contributed by atoms with van der Waals surface area (Å²) in [5, 5.41) is 2.70. The first-order chi connectivity index (χ1) is 3.72. The fourth-order valence-corrected chi connectivity index (χ4v) is 0.626. The van der Waals surface area contributed by atoms with Gasteiger partial charge in [-0.25, -0.2) is 0 Å². The third kappa shape index (κ3) is 2.61. The molecule has 1 N–H and O–H groups in total. The number of hydrogen-bond acceptors (Lipinski definition) is 2. The largest absolute Gasteiger partial charge is 0.297 e. The van der Waals surface area contributed by atoms with Crippen molar-refractivity contribution < 1.29 is 4.79 Å². The van der Waals surface area contributed by atoms with Crippen LogP contribution < -0.4 is 5.09 Å². The van der Waals surface area contributed by atoms with E-state index in [0.29, 0.717) is 0 Å². The van der Waals surface area contributed by atoms with E-state index in [2.05, 4.69) is 14.5 Å². The quantitative estimate of drug-likeness (QED) is 0.474. The van der Waals surface area contributed by atoms with Crippen molar-refractivity contribution in [3.63, 3.8) is 0 Å². The van der Waals surface area contributed by atoms with E-state index in [1.165, 1.54) is 0 Å². The Labute approximate surface area is 56.2 Å². The summed E-state index contributed by atoms with van der Waals surface area (Å²) in [6.45, 7) is 1.76. The maximum absolute atomic E-state index is 10.5. The number of alkyl halides is 1. The number of Topliss-reactive ketones (excluding diaryl/α,β-unsaturated/α-hetero) is 1. The summed E-state index contributed by atoms with van der Waals surface area (Å²) in [6, 6.07) is -0.141. The highest BCUT2D eigenvalue weighted by atomic mass is 35.5. The zero-order valence-electron chi connectivity index (χ0n) is 4.65. The first-order valence-electron chi connectivity index (χ1n) is 2.27. The van der Waals surface area contributed by atoms with Crippen molar-refractivity contribution in [1.82, 2.24) is 5.09 Å². The Morgan fingerprint density at radius 3 is 2.62 bits per heavy atom. The van der Waals surface area contributed by atoms with Crippen molar-refractivity contribution in [2.75, 3.05) is 5.88 Å². The van der Waals surface area contributed by atoms with Crippen LogP contribution in [-0.4, -0.2) is 17.7 Å². The van der Waals surface area contributed by atoms with Gasteiger partial charge >= 0.3 is 0 Å². The van der Waals surface area contributed by atoms with Gasteiger partial charge in [-0.2, -0.15) is 0 Å². The van der Waals surface area contributed by atoms with Crippen LogP contribution in [0.4, 0.5) is 0 Å². The molecular formula is C4H9ClNOP. The summed E-state index contributed by atoms with van der Waals surface area (Å²) < 4.78 is 0. The summed E-state index contributed by atoms with van der Waals surface area (Å²) in [7, 11) is 2.26. The lowest BCUT2D eigenvalue weighted by Crippen LogP contribution is -2.27. The van der Waals surface area contributed by atoms with E-state index in [4.69, 9.17) is 11.6 Å². The Hall–Kier alpha value is 0.350. The van der Waals surface area contributed by atoms with Crippen LogP contribution in [0.15, 0.2) is 0 Å². The molecule has 0 aromatic rings. The second-order valence-corrected chi connectivity index (χ2v) is 2.09. The number of halogens is 1. The van der Waals surface area contributed by atoms with Gasteiger partial charge in [0.25, 0.3) is 0 Å². The van der Waals surface area contributed by atoms with E-state index in [0.717, 1.165) is 0 Å². The minimum absolute atomic E-state index is 0.0154. The Bertz CT molecular complexity index is 88.1. The van der Waals surface area contributed by atoms with E-state index < -0.39 is 0 Å². The van der Waals surface area contributed by atoms with Crippen LogP contribution in [0.5, 0.6) is 0 Å². The predicted molar refractivity (Wildman–Crippen MR) is 38.0 cm³/mol. The van der Waals surface area contributed by atoms with Gasteiger partial charge < -0.3 is 0 Å². The van der Waals surface area contributed by atoms with Gasteiger partial charge in [0.15, 0.2) is 5.78 Å². The highest BCUT2D eigenvalue weighted by Crippen LogP contribution is 1.89. The lowest BCUT2D eigenvalue weighted by Gasteiger charge is -2.03. The van der Waals surface area contributed by atoms with Crippen molar-refractivity contribution in [3.8, 4) is 0 Å². The van der Waals surface area contributed by atoms with Crippen molar-refractivity contribution >= 4 is 26.8 Å². The molecule has 2 atom stereocenters. The van der Waals surface area contributed by atoms with Crippen molar-refractivity contribution in [3.05, 3.63) is 0 Å². The number of hydrogen-bond donors (Lipinski definition) is 1. The second kappa shape index (κ2) is 4.25. The van der Waals surface area contributed by atoms with Crippen molar-refractivity contribution in [1.29, 1.82) is 0 Å². The van der Waals surface area contributed by atoms with Crippen LogP contribution in [-0.2, 0) is 4.79 Å². The topological polar surface area (TPSA) is 29.1 Å². The first-order valence-corrected chi connectivity index (χ1v) is 3.38. The van der Waals surface area contributed by atoms with Crippen LogP contribution in [0.2, 0.25) is 0 Å². The standard InChI is InChI=1S/C4H9ClNOP/c1-3(6-8)4(7)2-5/h3,6H,2,8H2,1H3. The molecule has 0 saturated heterocycles. The van der Waals surface area contributed by atoms with Gasteiger partial charge in [-0.1, -0.05) is 9.39 Å². The third-order valence-corrected chi connectivity index (χ3v) is 1.63. The molecule has 48 valence electrons. The van der Waals surface area contributed by atoms with Crippen LogP contribution in [0.1, 0.15) is 6.92 Å².